The predicted molar refractivity (Wildman–Crippen MR) is 141 cm³/mol. The maximum Gasteiger partial charge on any atom is 0.407 e. The Morgan fingerprint density at radius 3 is 2.27 bits per heavy atom. The molecule has 10 heteroatoms. The summed E-state index contributed by atoms with van der Waals surface area (Å²) in [5, 5.41) is 8.67. The molecule has 4 fully saturated rings. The highest BCUT2D eigenvalue weighted by Crippen LogP contribution is 2.45. The van der Waals surface area contributed by atoms with Gasteiger partial charge >= 0.3 is 6.09 Å². The lowest BCUT2D eigenvalue weighted by molar-refractivity contribution is -0.133. The van der Waals surface area contributed by atoms with Crippen LogP contribution in [0.5, 0.6) is 0 Å². The smallest absolute Gasteiger partial charge is 0.407 e. The number of fused-ring (bicyclic) bond motifs is 1. The van der Waals surface area contributed by atoms with Gasteiger partial charge in [-0.15, -0.1) is 0 Å². The summed E-state index contributed by atoms with van der Waals surface area (Å²) in [5.41, 5.74) is 1.63. The van der Waals surface area contributed by atoms with E-state index in [4.69, 9.17) is 4.74 Å². The molecule has 0 aromatic heterocycles. The van der Waals surface area contributed by atoms with E-state index in [1.807, 2.05) is 32.9 Å². The van der Waals surface area contributed by atoms with Gasteiger partial charge in [-0.1, -0.05) is 0 Å². The Morgan fingerprint density at radius 1 is 1.00 bits per heavy atom. The number of hydrogen-bond acceptors (Lipinski definition) is 8. The molecule has 4 atom stereocenters. The zero-order valence-electron chi connectivity index (χ0n) is 22.2. The van der Waals surface area contributed by atoms with Gasteiger partial charge in [0.1, 0.15) is 11.6 Å². The third-order valence-electron chi connectivity index (χ3n) is 7.87. The molecule has 3 saturated heterocycles. The summed E-state index contributed by atoms with van der Waals surface area (Å²) in [5.74, 6) is 0.684. The molecule has 1 aliphatic carbocycles. The van der Waals surface area contributed by atoms with E-state index in [9.17, 15) is 14.4 Å². The second kappa shape index (κ2) is 10.5. The van der Waals surface area contributed by atoms with Gasteiger partial charge in [-0.3, -0.25) is 19.8 Å². The second-order valence-corrected chi connectivity index (χ2v) is 11.8. The van der Waals surface area contributed by atoms with E-state index >= 15 is 0 Å². The van der Waals surface area contributed by atoms with Gasteiger partial charge in [0.05, 0.1) is 0 Å². The number of alkyl carbamates (subject to hydrolysis) is 1. The Balaban J connectivity index is 0.984. The molecule has 0 bridgehead atoms. The molecular weight excluding hydrogens is 472 g/mol. The van der Waals surface area contributed by atoms with E-state index in [0.29, 0.717) is 24.7 Å². The molecule has 3 N–H and O–H groups in total. The molecule has 1 aromatic carbocycles. The van der Waals surface area contributed by atoms with Gasteiger partial charge in [0.25, 0.3) is 0 Å². The minimum absolute atomic E-state index is 0.198. The monoisotopic (exact) mass is 512 g/mol. The van der Waals surface area contributed by atoms with Crippen LogP contribution < -0.4 is 20.9 Å². The fourth-order valence-electron chi connectivity index (χ4n) is 5.77. The number of carbonyl (C=O) groups is 3. The molecule has 2 unspecified atom stereocenters. The summed E-state index contributed by atoms with van der Waals surface area (Å²) in [6.45, 7) is 14.0. The lowest BCUT2D eigenvalue weighted by atomic mass is 10.1. The van der Waals surface area contributed by atoms with E-state index in [0.717, 1.165) is 58.0 Å². The van der Waals surface area contributed by atoms with Crippen molar-refractivity contribution < 1.29 is 19.1 Å². The van der Waals surface area contributed by atoms with Crippen LogP contribution in [-0.2, 0) is 14.3 Å². The quantitative estimate of drug-likeness (QED) is 0.472. The van der Waals surface area contributed by atoms with Crippen molar-refractivity contribution in [3.05, 3.63) is 24.3 Å². The number of piperazine rings is 1. The van der Waals surface area contributed by atoms with Gasteiger partial charge in [0.15, 0.2) is 0 Å². The molecule has 1 aromatic rings. The number of nitrogens with one attached hydrogen (secondary N) is 3. The fraction of sp³-hybridized carbons (Fsp3) is 0.667. The summed E-state index contributed by atoms with van der Waals surface area (Å²) in [7, 11) is 0. The van der Waals surface area contributed by atoms with Crippen molar-refractivity contribution in [2.75, 3.05) is 62.6 Å². The molecule has 4 aliphatic rings. The first-order valence-corrected chi connectivity index (χ1v) is 13.5. The number of piperidine rings is 2. The highest BCUT2D eigenvalue weighted by Gasteiger charge is 2.56. The maximum atomic E-state index is 12.0. The van der Waals surface area contributed by atoms with Crippen LogP contribution in [0.1, 0.15) is 33.6 Å². The molecule has 37 heavy (non-hydrogen) atoms. The Morgan fingerprint density at radius 2 is 1.65 bits per heavy atom. The number of imide groups is 1. The first kappa shape index (κ1) is 25.8. The van der Waals surface area contributed by atoms with Crippen molar-refractivity contribution in [2.24, 2.45) is 11.8 Å². The lowest BCUT2D eigenvalue weighted by Crippen LogP contribution is -2.48. The first-order chi connectivity index (χ1) is 17.6. The molecule has 3 amide bonds. The van der Waals surface area contributed by atoms with E-state index in [1.165, 1.54) is 5.69 Å². The van der Waals surface area contributed by atoms with Crippen molar-refractivity contribution in [3.63, 3.8) is 0 Å². The Kier molecular flexibility index (Phi) is 7.31. The molecule has 0 spiro atoms. The van der Waals surface area contributed by atoms with Crippen LogP contribution in [0, 0.1) is 11.8 Å². The molecule has 202 valence electrons. The molecular formula is C27H40N6O4. The van der Waals surface area contributed by atoms with Gasteiger partial charge in [0.2, 0.25) is 11.8 Å². The largest absolute Gasteiger partial charge is 0.444 e. The summed E-state index contributed by atoms with van der Waals surface area (Å²) in [6, 6.07) is 8.13. The van der Waals surface area contributed by atoms with E-state index in [-0.39, 0.29) is 30.0 Å². The average molecular weight is 513 g/mol. The van der Waals surface area contributed by atoms with Crippen LogP contribution in [0.25, 0.3) is 0 Å². The van der Waals surface area contributed by atoms with Crippen LogP contribution in [0.15, 0.2) is 24.3 Å². The Bertz CT molecular complexity index is 989. The van der Waals surface area contributed by atoms with Gasteiger partial charge in [0, 0.05) is 76.2 Å². The fourth-order valence-corrected chi connectivity index (χ4v) is 5.77. The topological polar surface area (TPSA) is 106 Å². The lowest BCUT2D eigenvalue weighted by Gasteiger charge is -2.37. The second-order valence-electron chi connectivity index (χ2n) is 11.8. The summed E-state index contributed by atoms with van der Waals surface area (Å²) >= 11 is 0. The zero-order valence-corrected chi connectivity index (χ0v) is 22.2. The Labute approximate surface area is 219 Å². The first-order valence-electron chi connectivity index (χ1n) is 13.5. The molecule has 0 radical (unpaired) electrons. The molecule has 5 rings (SSSR count). The SMILES string of the molecule is CC(C)(C)OC(=O)NC1[C@H]2CN(CCN3CCN(c4ccc(NC5CCC(=O)NC5=O)cc4)CC3)C[C@@H]12. The number of amides is 3. The summed E-state index contributed by atoms with van der Waals surface area (Å²) in [4.78, 5) is 42.8. The number of benzene rings is 1. The van der Waals surface area contributed by atoms with Gasteiger partial charge in [-0.2, -0.15) is 0 Å². The van der Waals surface area contributed by atoms with Crippen LogP contribution in [0.3, 0.4) is 0 Å². The van der Waals surface area contributed by atoms with Gasteiger partial charge in [-0.25, -0.2) is 4.79 Å². The average Bonchev–Trinajstić information content (AvgIpc) is 3.27. The van der Waals surface area contributed by atoms with Crippen molar-refractivity contribution in [3.8, 4) is 0 Å². The molecule has 1 saturated carbocycles. The molecule has 3 heterocycles. The number of anilines is 2. The standard InChI is InChI=1S/C27H40N6O4/c1-27(2,3)37-26(36)30-24-20-16-32(17-21(20)24)11-10-31-12-14-33(15-13-31)19-6-4-18(5-7-19)28-22-8-9-23(34)29-25(22)35/h4-7,20-22,24,28H,8-17H2,1-3H3,(H,30,36)(H,29,34,35)/t20-,21+,22?,24?. The summed E-state index contributed by atoms with van der Waals surface area (Å²) < 4.78 is 5.39. The minimum Gasteiger partial charge on any atom is -0.444 e. The number of hydrogen-bond donors (Lipinski definition) is 3. The zero-order chi connectivity index (χ0) is 26.2. The van der Waals surface area contributed by atoms with E-state index in [2.05, 4.69) is 42.8 Å². The Hall–Kier alpha value is -2.85. The predicted octanol–water partition coefficient (Wildman–Crippen LogP) is 1.48. The van der Waals surface area contributed by atoms with Crippen molar-refractivity contribution in [1.82, 2.24) is 20.4 Å². The van der Waals surface area contributed by atoms with Crippen LogP contribution >= 0.6 is 0 Å². The third-order valence-corrected chi connectivity index (χ3v) is 7.87. The van der Waals surface area contributed by atoms with E-state index in [1.54, 1.807) is 0 Å². The number of nitrogens with zero attached hydrogens (tertiary/aromatic N) is 3. The number of carbonyl (C=O) groups excluding carboxylic acids is 3. The van der Waals surface area contributed by atoms with Crippen molar-refractivity contribution >= 4 is 29.3 Å². The highest BCUT2D eigenvalue weighted by molar-refractivity contribution is 6.01. The summed E-state index contributed by atoms with van der Waals surface area (Å²) in [6.07, 6.45) is 0.601. The van der Waals surface area contributed by atoms with E-state index < -0.39 is 5.60 Å². The minimum atomic E-state index is -0.456. The molecule has 3 aliphatic heterocycles. The number of rotatable bonds is 7. The van der Waals surface area contributed by atoms with Crippen molar-refractivity contribution in [1.29, 1.82) is 0 Å². The van der Waals surface area contributed by atoms with Crippen LogP contribution in [-0.4, -0.2) is 97.8 Å². The maximum absolute atomic E-state index is 12.0. The third kappa shape index (κ3) is 6.54. The van der Waals surface area contributed by atoms with Gasteiger partial charge < -0.3 is 25.2 Å². The normalized spacial score (nSPS) is 28.5. The van der Waals surface area contributed by atoms with Crippen LogP contribution in [0.4, 0.5) is 16.2 Å². The van der Waals surface area contributed by atoms with Gasteiger partial charge in [-0.05, 0) is 63.3 Å². The highest BCUT2D eigenvalue weighted by atomic mass is 16.6. The number of ether oxygens (including phenoxy) is 1. The van der Waals surface area contributed by atoms with Crippen molar-refractivity contribution in [2.45, 2.75) is 51.3 Å². The molecule has 10 nitrogen and oxygen atoms in total. The number of likely N-dealkylation sites (tertiary alicyclic amines) is 1. The van der Waals surface area contributed by atoms with Crippen LogP contribution in [0.2, 0.25) is 0 Å².